The molecule has 0 aliphatic carbocycles. The highest BCUT2D eigenvalue weighted by atomic mass is 16.5. The van der Waals surface area contributed by atoms with Crippen molar-refractivity contribution < 1.29 is 4.74 Å². The Labute approximate surface area is 114 Å². The molecule has 1 saturated heterocycles. The summed E-state index contributed by atoms with van der Waals surface area (Å²) in [5.41, 5.74) is 2.33. The van der Waals surface area contributed by atoms with E-state index in [-0.39, 0.29) is 0 Å². The van der Waals surface area contributed by atoms with Crippen molar-refractivity contribution in [2.75, 3.05) is 44.3 Å². The van der Waals surface area contributed by atoms with Crippen molar-refractivity contribution in [3.05, 3.63) is 17.6 Å². The standard InChI is InChI=1S/C14H22N4O/c1-11-9-15-4-3-12-14(11)16-10-13(17-12)18-5-2-7-19-8-6-18/h10-11,15H,2-9H2,1H3/t11-/m0/s1. The van der Waals surface area contributed by atoms with E-state index < -0.39 is 0 Å². The van der Waals surface area contributed by atoms with Crippen LogP contribution in [0.4, 0.5) is 5.82 Å². The molecule has 2 aliphatic heterocycles. The summed E-state index contributed by atoms with van der Waals surface area (Å²) in [6.45, 7) is 7.79. The molecule has 0 radical (unpaired) electrons. The molecule has 0 saturated carbocycles. The Balaban J connectivity index is 1.85. The van der Waals surface area contributed by atoms with Gasteiger partial charge in [-0.15, -0.1) is 0 Å². The maximum Gasteiger partial charge on any atom is 0.147 e. The molecular formula is C14H22N4O. The Morgan fingerprint density at radius 1 is 1.37 bits per heavy atom. The molecule has 0 aromatic carbocycles. The Morgan fingerprint density at radius 3 is 3.26 bits per heavy atom. The van der Waals surface area contributed by atoms with Crippen LogP contribution in [0.3, 0.4) is 0 Å². The third-order valence-corrected chi connectivity index (χ3v) is 3.87. The van der Waals surface area contributed by atoms with E-state index in [2.05, 4.69) is 22.1 Å². The van der Waals surface area contributed by atoms with E-state index in [0.717, 1.165) is 58.1 Å². The van der Waals surface area contributed by atoms with Gasteiger partial charge in [0, 0.05) is 45.1 Å². The maximum absolute atomic E-state index is 5.50. The molecule has 0 bridgehead atoms. The molecule has 1 aromatic rings. The summed E-state index contributed by atoms with van der Waals surface area (Å²) in [5.74, 6) is 1.46. The molecule has 5 nitrogen and oxygen atoms in total. The number of ether oxygens (including phenoxy) is 1. The van der Waals surface area contributed by atoms with Crippen molar-refractivity contribution in [2.24, 2.45) is 0 Å². The van der Waals surface area contributed by atoms with Crippen LogP contribution in [0.25, 0.3) is 0 Å². The van der Waals surface area contributed by atoms with E-state index in [0.29, 0.717) is 5.92 Å². The number of anilines is 1. The zero-order valence-corrected chi connectivity index (χ0v) is 11.6. The van der Waals surface area contributed by atoms with E-state index in [1.165, 1.54) is 11.4 Å². The Kier molecular flexibility index (Phi) is 3.94. The minimum Gasteiger partial charge on any atom is -0.380 e. The lowest BCUT2D eigenvalue weighted by Gasteiger charge is -2.22. The monoisotopic (exact) mass is 262 g/mol. The predicted octanol–water partition coefficient (Wildman–Crippen LogP) is 0.952. The SMILES string of the molecule is C[C@H]1CNCCc2nc(N3CCCOCC3)cnc21. The zero-order chi connectivity index (χ0) is 13.1. The normalized spacial score (nSPS) is 24.5. The lowest BCUT2D eigenvalue weighted by atomic mass is 10.1. The lowest BCUT2D eigenvalue weighted by molar-refractivity contribution is 0.152. The summed E-state index contributed by atoms with van der Waals surface area (Å²) in [6, 6.07) is 0. The highest BCUT2D eigenvalue weighted by Gasteiger charge is 2.19. The number of nitrogens with zero attached hydrogens (tertiary/aromatic N) is 3. The van der Waals surface area contributed by atoms with Crippen LogP contribution >= 0.6 is 0 Å². The van der Waals surface area contributed by atoms with Crippen LogP contribution in [0.15, 0.2) is 6.20 Å². The van der Waals surface area contributed by atoms with Crippen molar-refractivity contribution in [3.63, 3.8) is 0 Å². The minimum atomic E-state index is 0.450. The van der Waals surface area contributed by atoms with Crippen molar-refractivity contribution in [1.82, 2.24) is 15.3 Å². The summed E-state index contributed by atoms with van der Waals surface area (Å²) in [6.07, 6.45) is 3.98. The molecule has 1 atom stereocenters. The number of hydrogen-bond donors (Lipinski definition) is 1. The number of nitrogens with one attached hydrogen (secondary N) is 1. The molecule has 1 fully saturated rings. The molecule has 5 heteroatoms. The summed E-state index contributed by atoms with van der Waals surface area (Å²) < 4.78 is 5.50. The van der Waals surface area contributed by atoms with Crippen LogP contribution < -0.4 is 10.2 Å². The molecule has 3 heterocycles. The van der Waals surface area contributed by atoms with Gasteiger partial charge >= 0.3 is 0 Å². The molecule has 104 valence electrons. The molecular weight excluding hydrogens is 240 g/mol. The number of rotatable bonds is 1. The van der Waals surface area contributed by atoms with Gasteiger partial charge in [-0.2, -0.15) is 0 Å². The van der Waals surface area contributed by atoms with Gasteiger partial charge in [0.05, 0.1) is 24.2 Å². The van der Waals surface area contributed by atoms with Crippen LogP contribution in [0.5, 0.6) is 0 Å². The van der Waals surface area contributed by atoms with Gasteiger partial charge in [0.2, 0.25) is 0 Å². The number of fused-ring (bicyclic) bond motifs is 1. The fourth-order valence-electron chi connectivity index (χ4n) is 2.77. The van der Waals surface area contributed by atoms with E-state index in [1.54, 1.807) is 0 Å². The quantitative estimate of drug-likeness (QED) is 0.816. The molecule has 0 spiro atoms. The van der Waals surface area contributed by atoms with Gasteiger partial charge in [0.25, 0.3) is 0 Å². The fraction of sp³-hybridized carbons (Fsp3) is 0.714. The van der Waals surface area contributed by atoms with Crippen LogP contribution in [0.2, 0.25) is 0 Å². The fourth-order valence-corrected chi connectivity index (χ4v) is 2.77. The van der Waals surface area contributed by atoms with Gasteiger partial charge in [0.15, 0.2) is 0 Å². The molecule has 3 rings (SSSR count). The van der Waals surface area contributed by atoms with Crippen LogP contribution in [0.1, 0.15) is 30.7 Å². The topological polar surface area (TPSA) is 50.3 Å². The third-order valence-electron chi connectivity index (χ3n) is 3.87. The summed E-state index contributed by atoms with van der Waals surface area (Å²) in [4.78, 5) is 11.8. The summed E-state index contributed by atoms with van der Waals surface area (Å²) >= 11 is 0. The van der Waals surface area contributed by atoms with Gasteiger partial charge < -0.3 is 15.0 Å². The van der Waals surface area contributed by atoms with Gasteiger partial charge in [0.1, 0.15) is 5.82 Å². The van der Waals surface area contributed by atoms with E-state index in [1.807, 2.05) is 6.20 Å². The molecule has 19 heavy (non-hydrogen) atoms. The van der Waals surface area contributed by atoms with Gasteiger partial charge in [-0.1, -0.05) is 6.92 Å². The molecule has 1 N–H and O–H groups in total. The number of hydrogen-bond acceptors (Lipinski definition) is 5. The molecule has 0 unspecified atom stereocenters. The molecule has 1 aromatic heterocycles. The first kappa shape index (κ1) is 12.8. The van der Waals surface area contributed by atoms with Crippen molar-refractivity contribution in [2.45, 2.75) is 25.7 Å². The summed E-state index contributed by atoms with van der Waals surface area (Å²) in [7, 11) is 0. The molecule has 0 amide bonds. The van der Waals surface area contributed by atoms with Crippen LogP contribution in [-0.2, 0) is 11.2 Å². The van der Waals surface area contributed by atoms with Crippen molar-refractivity contribution in [1.29, 1.82) is 0 Å². The van der Waals surface area contributed by atoms with Gasteiger partial charge in [-0.05, 0) is 6.42 Å². The van der Waals surface area contributed by atoms with Crippen LogP contribution in [-0.4, -0.2) is 49.4 Å². The first-order chi connectivity index (χ1) is 9.34. The Hall–Kier alpha value is -1.20. The smallest absolute Gasteiger partial charge is 0.147 e. The summed E-state index contributed by atoms with van der Waals surface area (Å²) in [5, 5.41) is 3.44. The van der Waals surface area contributed by atoms with Crippen molar-refractivity contribution in [3.8, 4) is 0 Å². The lowest BCUT2D eigenvalue weighted by Crippen LogP contribution is -2.27. The Bertz CT molecular complexity index is 429. The second kappa shape index (κ2) is 5.84. The van der Waals surface area contributed by atoms with Crippen LogP contribution in [0, 0.1) is 0 Å². The second-order valence-corrected chi connectivity index (χ2v) is 5.37. The van der Waals surface area contributed by atoms with E-state index in [4.69, 9.17) is 9.72 Å². The third kappa shape index (κ3) is 2.87. The first-order valence-corrected chi connectivity index (χ1v) is 7.24. The maximum atomic E-state index is 5.50. The van der Waals surface area contributed by atoms with E-state index >= 15 is 0 Å². The van der Waals surface area contributed by atoms with E-state index in [9.17, 15) is 0 Å². The average Bonchev–Trinajstić information content (AvgIpc) is 2.80. The second-order valence-electron chi connectivity index (χ2n) is 5.37. The van der Waals surface area contributed by atoms with Gasteiger partial charge in [-0.25, -0.2) is 4.98 Å². The largest absolute Gasteiger partial charge is 0.380 e. The van der Waals surface area contributed by atoms with Crippen molar-refractivity contribution >= 4 is 5.82 Å². The van der Waals surface area contributed by atoms with Gasteiger partial charge in [-0.3, -0.25) is 4.98 Å². The highest BCUT2D eigenvalue weighted by molar-refractivity contribution is 5.39. The minimum absolute atomic E-state index is 0.450. The highest BCUT2D eigenvalue weighted by Crippen LogP contribution is 2.21. The predicted molar refractivity (Wildman–Crippen MR) is 74.7 cm³/mol. The first-order valence-electron chi connectivity index (χ1n) is 7.24. The molecule has 2 aliphatic rings. The zero-order valence-electron chi connectivity index (χ0n) is 11.6. The Morgan fingerprint density at radius 2 is 2.32 bits per heavy atom. The number of aromatic nitrogens is 2. The average molecular weight is 262 g/mol.